The molecule has 6 heteroatoms. The van der Waals surface area contributed by atoms with Crippen LogP contribution in [-0.4, -0.2) is 20.4 Å². The molecule has 130 valence electrons. The maximum atomic E-state index is 12.6. The number of thiazole rings is 1. The van der Waals surface area contributed by atoms with Crippen molar-refractivity contribution in [2.24, 2.45) is 0 Å². The van der Waals surface area contributed by atoms with Gasteiger partial charge in [0, 0.05) is 23.9 Å². The molecule has 0 spiro atoms. The lowest BCUT2D eigenvalue weighted by Crippen LogP contribution is -2.31. The predicted molar refractivity (Wildman–Crippen MR) is 100 cm³/mol. The predicted octanol–water partition coefficient (Wildman–Crippen LogP) is 4.01. The van der Waals surface area contributed by atoms with Gasteiger partial charge in [0.25, 0.3) is 0 Å². The Hall–Kier alpha value is -2.47. The van der Waals surface area contributed by atoms with E-state index in [0.29, 0.717) is 6.54 Å². The summed E-state index contributed by atoms with van der Waals surface area (Å²) < 4.78 is 1.94. The zero-order valence-electron chi connectivity index (χ0n) is 14.6. The molecule has 3 rings (SSSR count). The van der Waals surface area contributed by atoms with E-state index < -0.39 is 0 Å². The Balaban J connectivity index is 1.69. The molecule has 2 heterocycles. The van der Waals surface area contributed by atoms with Crippen molar-refractivity contribution in [2.45, 2.75) is 39.3 Å². The van der Waals surface area contributed by atoms with Gasteiger partial charge in [-0.25, -0.2) is 9.97 Å². The highest BCUT2D eigenvalue weighted by Crippen LogP contribution is 2.25. The summed E-state index contributed by atoms with van der Waals surface area (Å²) in [6.45, 7) is 6.53. The lowest BCUT2D eigenvalue weighted by molar-refractivity contribution is -0.124. The molecular formula is C19H22N4OS. The minimum atomic E-state index is -0.298. The van der Waals surface area contributed by atoms with Crippen LogP contribution < -0.4 is 5.32 Å². The van der Waals surface area contributed by atoms with Crippen LogP contribution in [-0.2, 0) is 11.3 Å². The Morgan fingerprint density at radius 2 is 1.96 bits per heavy atom. The SMILES string of the molecule is CC(C)c1nccn1[C@@H](C)C(=O)NCc1scnc1-c1ccccc1. The van der Waals surface area contributed by atoms with Gasteiger partial charge in [-0.05, 0) is 6.92 Å². The van der Waals surface area contributed by atoms with Crippen LogP contribution in [0.4, 0.5) is 0 Å². The van der Waals surface area contributed by atoms with Gasteiger partial charge in [0.15, 0.2) is 0 Å². The van der Waals surface area contributed by atoms with Gasteiger partial charge in [0.2, 0.25) is 5.91 Å². The number of carbonyl (C=O) groups is 1. The minimum Gasteiger partial charge on any atom is -0.349 e. The number of benzene rings is 1. The maximum absolute atomic E-state index is 12.6. The summed E-state index contributed by atoms with van der Waals surface area (Å²) in [5.74, 6) is 1.18. The first-order chi connectivity index (χ1) is 12.1. The standard InChI is InChI=1S/C19H22N4OS/c1-13(2)18-20-9-10-23(18)14(3)19(24)21-11-16-17(22-12-25-16)15-7-5-4-6-8-15/h4-10,12-14H,11H2,1-3H3,(H,21,24)/t14-/m0/s1. The third-order valence-corrected chi connectivity index (χ3v) is 4.96. The zero-order valence-corrected chi connectivity index (χ0v) is 15.5. The topological polar surface area (TPSA) is 59.8 Å². The summed E-state index contributed by atoms with van der Waals surface area (Å²) in [7, 11) is 0. The smallest absolute Gasteiger partial charge is 0.243 e. The number of nitrogens with zero attached hydrogens (tertiary/aromatic N) is 3. The van der Waals surface area contributed by atoms with E-state index >= 15 is 0 Å². The number of carbonyl (C=O) groups excluding carboxylic acids is 1. The number of imidazole rings is 1. The molecule has 0 aliphatic carbocycles. The van der Waals surface area contributed by atoms with E-state index in [1.165, 1.54) is 0 Å². The van der Waals surface area contributed by atoms with Gasteiger partial charge in [-0.3, -0.25) is 4.79 Å². The first-order valence-corrected chi connectivity index (χ1v) is 9.24. The van der Waals surface area contributed by atoms with Crippen LogP contribution in [0.1, 0.15) is 43.4 Å². The fourth-order valence-corrected chi connectivity index (χ4v) is 3.49. The quantitative estimate of drug-likeness (QED) is 0.728. The van der Waals surface area contributed by atoms with Gasteiger partial charge in [-0.15, -0.1) is 11.3 Å². The molecule has 1 atom stereocenters. The highest BCUT2D eigenvalue weighted by Gasteiger charge is 2.19. The number of hydrogen-bond donors (Lipinski definition) is 1. The second-order valence-electron chi connectivity index (χ2n) is 6.23. The van der Waals surface area contributed by atoms with E-state index in [-0.39, 0.29) is 17.9 Å². The lowest BCUT2D eigenvalue weighted by Gasteiger charge is -2.17. The van der Waals surface area contributed by atoms with Crippen molar-refractivity contribution in [1.29, 1.82) is 0 Å². The molecule has 5 nitrogen and oxygen atoms in total. The summed E-state index contributed by atoms with van der Waals surface area (Å²) in [6.07, 6.45) is 3.61. The van der Waals surface area contributed by atoms with E-state index in [4.69, 9.17) is 0 Å². The molecule has 1 amide bonds. The number of rotatable bonds is 6. The molecule has 2 aromatic heterocycles. The van der Waals surface area contributed by atoms with Crippen molar-refractivity contribution in [2.75, 3.05) is 0 Å². The van der Waals surface area contributed by atoms with E-state index in [1.54, 1.807) is 17.5 Å². The molecule has 0 fully saturated rings. The summed E-state index contributed by atoms with van der Waals surface area (Å²) in [6, 6.07) is 9.73. The van der Waals surface area contributed by atoms with Crippen molar-refractivity contribution >= 4 is 17.2 Å². The van der Waals surface area contributed by atoms with Crippen molar-refractivity contribution < 1.29 is 4.79 Å². The molecule has 0 aliphatic rings. The Morgan fingerprint density at radius 3 is 2.68 bits per heavy atom. The first-order valence-electron chi connectivity index (χ1n) is 8.36. The molecule has 0 unspecified atom stereocenters. The Kier molecular flexibility index (Phi) is 5.28. The summed E-state index contributed by atoms with van der Waals surface area (Å²) in [5, 5.41) is 3.03. The molecule has 0 radical (unpaired) electrons. The number of nitrogens with one attached hydrogen (secondary N) is 1. The van der Waals surface area contributed by atoms with Crippen molar-refractivity contribution in [1.82, 2.24) is 19.9 Å². The summed E-state index contributed by atoms with van der Waals surface area (Å²) in [5.41, 5.74) is 3.82. The maximum Gasteiger partial charge on any atom is 0.243 e. The Labute approximate surface area is 151 Å². The minimum absolute atomic E-state index is 0.0210. The number of amides is 1. The average Bonchev–Trinajstić information content (AvgIpc) is 3.28. The van der Waals surface area contributed by atoms with Crippen LogP contribution in [0.15, 0.2) is 48.2 Å². The Bertz CT molecular complexity index is 838. The largest absolute Gasteiger partial charge is 0.349 e. The molecule has 25 heavy (non-hydrogen) atoms. The van der Waals surface area contributed by atoms with Gasteiger partial charge >= 0.3 is 0 Å². The highest BCUT2D eigenvalue weighted by atomic mass is 32.1. The monoisotopic (exact) mass is 354 g/mol. The Morgan fingerprint density at radius 1 is 1.20 bits per heavy atom. The number of hydrogen-bond acceptors (Lipinski definition) is 4. The van der Waals surface area contributed by atoms with Gasteiger partial charge in [-0.1, -0.05) is 44.2 Å². The second-order valence-corrected chi connectivity index (χ2v) is 7.17. The molecule has 0 saturated carbocycles. The average molecular weight is 354 g/mol. The highest BCUT2D eigenvalue weighted by molar-refractivity contribution is 7.10. The second kappa shape index (κ2) is 7.61. The molecule has 3 aromatic rings. The molecular weight excluding hydrogens is 332 g/mol. The van der Waals surface area contributed by atoms with Crippen LogP contribution in [0.25, 0.3) is 11.3 Å². The van der Waals surface area contributed by atoms with Crippen molar-refractivity contribution in [3.8, 4) is 11.3 Å². The first kappa shape index (κ1) is 17.4. The van der Waals surface area contributed by atoms with Gasteiger partial charge in [-0.2, -0.15) is 0 Å². The van der Waals surface area contributed by atoms with Crippen LogP contribution in [0.5, 0.6) is 0 Å². The lowest BCUT2D eigenvalue weighted by atomic mass is 10.1. The fourth-order valence-electron chi connectivity index (χ4n) is 2.77. The van der Waals surface area contributed by atoms with E-state index in [2.05, 4.69) is 29.1 Å². The van der Waals surface area contributed by atoms with Crippen LogP contribution in [0.3, 0.4) is 0 Å². The summed E-state index contributed by atoms with van der Waals surface area (Å²) >= 11 is 1.56. The van der Waals surface area contributed by atoms with Crippen molar-refractivity contribution in [3.05, 3.63) is 58.9 Å². The van der Waals surface area contributed by atoms with Crippen LogP contribution >= 0.6 is 11.3 Å². The van der Waals surface area contributed by atoms with E-state index in [1.807, 2.05) is 53.5 Å². The molecule has 0 aliphatic heterocycles. The van der Waals surface area contributed by atoms with Crippen LogP contribution in [0.2, 0.25) is 0 Å². The van der Waals surface area contributed by atoms with Crippen molar-refractivity contribution in [3.63, 3.8) is 0 Å². The zero-order chi connectivity index (χ0) is 17.8. The third kappa shape index (κ3) is 3.79. The normalized spacial score (nSPS) is 12.3. The fraction of sp³-hybridized carbons (Fsp3) is 0.316. The molecule has 1 N–H and O–H groups in total. The van der Waals surface area contributed by atoms with Gasteiger partial charge in [0.1, 0.15) is 11.9 Å². The molecule has 0 saturated heterocycles. The van der Waals surface area contributed by atoms with E-state index in [0.717, 1.165) is 22.0 Å². The molecule has 1 aromatic carbocycles. The van der Waals surface area contributed by atoms with Gasteiger partial charge in [0.05, 0.1) is 22.6 Å². The van der Waals surface area contributed by atoms with E-state index in [9.17, 15) is 4.79 Å². The number of aromatic nitrogens is 3. The summed E-state index contributed by atoms with van der Waals surface area (Å²) in [4.78, 5) is 22.4. The van der Waals surface area contributed by atoms with Gasteiger partial charge < -0.3 is 9.88 Å². The van der Waals surface area contributed by atoms with Crippen LogP contribution in [0, 0.1) is 0 Å². The third-order valence-electron chi connectivity index (χ3n) is 4.12. The molecule has 0 bridgehead atoms.